The fourth-order valence-electron chi connectivity index (χ4n) is 2.95. The average Bonchev–Trinajstić information content (AvgIpc) is 3.12. The maximum absolute atomic E-state index is 9.27. The minimum atomic E-state index is 0. The molecule has 1 unspecified atom stereocenters. The maximum atomic E-state index is 9.27. The van der Waals surface area contributed by atoms with Gasteiger partial charge in [-0.25, -0.2) is 4.99 Å². The molecule has 1 heterocycles. The number of aliphatic hydroxyl groups excluding tert-OH is 1. The molecule has 0 saturated carbocycles. The highest BCUT2D eigenvalue weighted by molar-refractivity contribution is 14.0. The standard InChI is InChI=1S/C20H30ClN5O2.HI/c1-4-22-20(23-12-15(8-9-27)10-14(2)3)24-13-18-25-19(26-28-18)16-6-5-7-17(21)11-16;/h5-7,11,14-15,27H,4,8-10,12-13H2,1-3H3,(H2,22,23,24);1H. The van der Waals surface area contributed by atoms with Crippen LogP contribution in [0.15, 0.2) is 33.8 Å². The lowest BCUT2D eigenvalue weighted by Crippen LogP contribution is -2.40. The second kappa shape index (κ2) is 13.8. The van der Waals surface area contributed by atoms with Gasteiger partial charge in [-0.15, -0.1) is 24.0 Å². The lowest BCUT2D eigenvalue weighted by atomic mass is 9.94. The predicted molar refractivity (Wildman–Crippen MR) is 128 cm³/mol. The topological polar surface area (TPSA) is 95.6 Å². The molecule has 0 amide bonds. The summed E-state index contributed by atoms with van der Waals surface area (Å²) in [5.74, 6) is 2.59. The molecule has 29 heavy (non-hydrogen) atoms. The molecule has 0 aliphatic carbocycles. The molecule has 0 radical (unpaired) electrons. The molecule has 1 aromatic heterocycles. The summed E-state index contributed by atoms with van der Waals surface area (Å²) in [7, 11) is 0. The van der Waals surface area contributed by atoms with Crippen molar-refractivity contribution in [2.24, 2.45) is 16.8 Å². The first-order valence-corrected chi connectivity index (χ1v) is 10.1. The third kappa shape index (κ3) is 9.31. The van der Waals surface area contributed by atoms with Crippen molar-refractivity contribution in [3.8, 4) is 11.4 Å². The van der Waals surface area contributed by atoms with Gasteiger partial charge in [0.1, 0.15) is 6.54 Å². The summed E-state index contributed by atoms with van der Waals surface area (Å²) in [4.78, 5) is 8.91. The van der Waals surface area contributed by atoms with E-state index < -0.39 is 0 Å². The van der Waals surface area contributed by atoms with Crippen molar-refractivity contribution in [3.63, 3.8) is 0 Å². The van der Waals surface area contributed by atoms with Crippen LogP contribution in [0, 0.1) is 11.8 Å². The third-order valence-corrected chi connectivity index (χ3v) is 4.40. The first kappa shape index (κ1) is 25.6. The molecule has 9 heteroatoms. The Bertz CT molecular complexity index is 754. The van der Waals surface area contributed by atoms with Crippen LogP contribution in [0.2, 0.25) is 5.02 Å². The smallest absolute Gasteiger partial charge is 0.248 e. The highest BCUT2D eigenvalue weighted by Crippen LogP contribution is 2.20. The Morgan fingerprint density at radius 3 is 2.76 bits per heavy atom. The van der Waals surface area contributed by atoms with Crippen molar-refractivity contribution in [1.29, 1.82) is 0 Å². The molecule has 3 N–H and O–H groups in total. The number of hydrogen-bond donors (Lipinski definition) is 3. The number of nitrogens with one attached hydrogen (secondary N) is 2. The predicted octanol–water partition coefficient (Wildman–Crippen LogP) is 4.11. The molecule has 0 bridgehead atoms. The number of benzene rings is 1. The molecular weight excluding hydrogens is 505 g/mol. The zero-order valence-corrected chi connectivity index (χ0v) is 20.3. The summed E-state index contributed by atoms with van der Waals surface area (Å²) in [6.07, 6.45) is 1.83. The number of nitrogens with zero attached hydrogens (tertiary/aromatic N) is 3. The van der Waals surface area contributed by atoms with Crippen LogP contribution in [0.4, 0.5) is 0 Å². The number of rotatable bonds is 10. The normalized spacial score (nSPS) is 12.6. The van der Waals surface area contributed by atoms with Crippen LogP contribution in [0.1, 0.15) is 39.5 Å². The van der Waals surface area contributed by atoms with E-state index in [1.165, 1.54) is 0 Å². The van der Waals surface area contributed by atoms with Crippen molar-refractivity contribution in [1.82, 2.24) is 20.8 Å². The first-order valence-electron chi connectivity index (χ1n) is 9.73. The zero-order chi connectivity index (χ0) is 20.4. The van der Waals surface area contributed by atoms with Gasteiger partial charge in [0.15, 0.2) is 5.96 Å². The number of aromatic nitrogens is 2. The fourth-order valence-corrected chi connectivity index (χ4v) is 3.14. The van der Waals surface area contributed by atoms with Crippen molar-refractivity contribution >= 4 is 41.5 Å². The summed E-state index contributed by atoms with van der Waals surface area (Å²) in [5, 5.41) is 20.5. The van der Waals surface area contributed by atoms with Gasteiger partial charge < -0.3 is 20.3 Å². The molecule has 0 aliphatic heterocycles. The van der Waals surface area contributed by atoms with E-state index in [4.69, 9.17) is 16.1 Å². The maximum Gasteiger partial charge on any atom is 0.248 e. The van der Waals surface area contributed by atoms with Crippen LogP contribution < -0.4 is 10.6 Å². The Morgan fingerprint density at radius 1 is 1.31 bits per heavy atom. The summed E-state index contributed by atoms with van der Waals surface area (Å²) in [5.41, 5.74) is 0.803. The summed E-state index contributed by atoms with van der Waals surface area (Å²) in [6.45, 7) is 8.37. The first-order chi connectivity index (χ1) is 13.5. The molecule has 1 aromatic carbocycles. The van der Waals surface area contributed by atoms with E-state index >= 15 is 0 Å². The molecule has 2 aromatic rings. The minimum absolute atomic E-state index is 0. The summed E-state index contributed by atoms with van der Waals surface area (Å²) >= 11 is 6.01. The van der Waals surface area contributed by atoms with E-state index in [9.17, 15) is 5.11 Å². The fraction of sp³-hybridized carbons (Fsp3) is 0.550. The average molecular weight is 536 g/mol. The Kier molecular flexibility index (Phi) is 12.2. The Balaban J connectivity index is 0.00000420. The van der Waals surface area contributed by atoms with Gasteiger partial charge in [0.2, 0.25) is 11.7 Å². The third-order valence-electron chi connectivity index (χ3n) is 4.17. The van der Waals surface area contributed by atoms with Crippen LogP contribution in [-0.4, -0.2) is 40.9 Å². The van der Waals surface area contributed by atoms with E-state index in [2.05, 4.69) is 39.6 Å². The Morgan fingerprint density at radius 2 is 2.10 bits per heavy atom. The molecule has 0 aliphatic rings. The number of halogens is 2. The van der Waals surface area contributed by atoms with Crippen LogP contribution in [0.25, 0.3) is 11.4 Å². The van der Waals surface area contributed by atoms with Crippen molar-refractivity contribution in [2.75, 3.05) is 19.7 Å². The molecule has 0 saturated heterocycles. The number of aliphatic hydroxyl groups is 1. The highest BCUT2D eigenvalue weighted by Gasteiger charge is 2.12. The lowest BCUT2D eigenvalue weighted by molar-refractivity contribution is 0.243. The van der Waals surface area contributed by atoms with Crippen molar-refractivity contribution in [3.05, 3.63) is 35.2 Å². The summed E-state index contributed by atoms with van der Waals surface area (Å²) < 4.78 is 5.30. The lowest BCUT2D eigenvalue weighted by Gasteiger charge is -2.20. The minimum Gasteiger partial charge on any atom is -0.396 e. The molecule has 2 rings (SSSR count). The van der Waals surface area contributed by atoms with Crippen LogP contribution in [-0.2, 0) is 6.54 Å². The van der Waals surface area contributed by atoms with Crippen LogP contribution >= 0.6 is 35.6 Å². The highest BCUT2D eigenvalue weighted by atomic mass is 127. The molecular formula is C20H31ClIN5O2. The number of hydrogen-bond acceptors (Lipinski definition) is 5. The van der Waals surface area contributed by atoms with Crippen molar-refractivity contribution in [2.45, 2.75) is 40.2 Å². The van der Waals surface area contributed by atoms with Crippen LogP contribution in [0.5, 0.6) is 0 Å². The molecule has 0 spiro atoms. The molecule has 162 valence electrons. The Labute approximate surface area is 194 Å². The van der Waals surface area contributed by atoms with Crippen molar-refractivity contribution < 1.29 is 9.63 Å². The van der Waals surface area contributed by atoms with E-state index in [1.807, 2.05) is 19.1 Å². The van der Waals surface area contributed by atoms with E-state index in [-0.39, 0.29) is 37.1 Å². The van der Waals surface area contributed by atoms with E-state index in [0.29, 0.717) is 34.5 Å². The van der Waals surface area contributed by atoms with Gasteiger partial charge in [-0.1, -0.05) is 42.7 Å². The zero-order valence-electron chi connectivity index (χ0n) is 17.2. The van der Waals surface area contributed by atoms with Gasteiger partial charge in [-0.3, -0.25) is 0 Å². The van der Waals surface area contributed by atoms with E-state index in [0.717, 1.165) is 31.5 Å². The number of aliphatic imine (C=N–C) groups is 1. The quantitative estimate of drug-likeness (QED) is 0.241. The summed E-state index contributed by atoms with van der Waals surface area (Å²) in [6, 6.07) is 7.32. The Hall–Kier alpha value is -1.39. The van der Waals surface area contributed by atoms with Crippen LogP contribution in [0.3, 0.4) is 0 Å². The van der Waals surface area contributed by atoms with E-state index in [1.54, 1.807) is 12.1 Å². The van der Waals surface area contributed by atoms with Gasteiger partial charge in [0.05, 0.1) is 0 Å². The van der Waals surface area contributed by atoms with Gasteiger partial charge >= 0.3 is 0 Å². The molecule has 7 nitrogen and oxygen atoms in total. The van der Waals surface area contributed by atoms with Gasteiger partial charge in [-0.05, 0) is 43.7 Å². The molecule has 1 atom stereocenters. The molecule has 0 fully saturated rings. The number of guanidine groups is 1. The van der Waals surface area contributed by atoms with Gasteiger partial charge in [0.25, 0.3) is 0 Å². The largest absolute Gasteiger partial charge is 0.396 e. The van der Waals surface area contributed by atoms with Gasteiger partial charge in [0, 0.05) is 30.3 Å². The SMILES string of the molecule is CCNC(=NCc1nc(-c2cccc(Cl)c2)no1)NCC(CCO)CC(C)C.I. The van der Waals surface area contributed by atoms with Gasteiger partial charge in [-0.2, -0.15) is 4.98 Å². The second-order valence-corrected chi connectivity index (χ2v) is 7.54. The second-order valence-electron chi connectivity index (χ2n) is 7.11. The monoisotopic (exact) mass is 535 g/mol.